The topological polar surface area (TPSA) is 111 Å². The van der Waals surface area contributed by atoms with Crippen molar-refractivity contribution in [3.8, 4) is 0 Å². The van der Waals surface area contributed by atoms with E-state index < -0.39 is 11.2 Å². The van der Waals surface area contributed by atoms with Crippen molar-refractivity contribution in [3.05, 3.63) is 20.8 Å². The molecule has 1 atom stereocenters. The van der Waals surface area contributed by atoms with Crippen LogP contribution in [0, 0.1) is 0 Å². The van der Waals surface area contributed by atoms with Gasteiger partial charge in [-0.25, -0.2) is 4.79 Å². The van der Waals surface area contributed by atoms with Gasteiger partial charge in [-0.2, -0.15) is 4.98 Å². The van der Waals surface area contributed by atoms with Gasteiger partial charge in [0.05, 0.1) is 0 Å². The van der Waals surface area contributed by atoms with Crippen LogP contribution in [0.3, 0.4) is 0 Å². The number of hydrogen-bond donors (Lipinski definition) is 3. The summed E-state index contributed by atoms with van der Waals surface area (Å²) < 4.78 is 2.36. The number of nitrogens with one attached hydrogen (secondary N) is 2. The lowest BCUT2D eigenvalue weighted by atomic mass is 10.4. The minimum absolute atomic E-state index is 0.0372. The molecule has 2 rings (SSSR count). The molecule has 18 heavy (non-hydrogen) atoms. The number of anilines is 1. The van der Waals surface area contributed by atoms with Crippen LogP contribution in [0.25, 0.3) is 11.2 Å². The number of rotatable bonds is 3. The lowest BCUT2D eigenvalue weighted by Gasteiger charge is -2.04. The van der Waals surface area contributed by atoms with Crippen molar-refractivity contribution in [2.75, 3.05) is 11.9 Å². The average molecular weight is 252 g/mol. The van der Waals surface area contributed by atoms with E-state index in [2.05, 4.69) is 15.3 Å². The van der Waals surface area contributed by atoms with E-state index in [9.17, 15) is 9.59 Å². The Morgan fingerprint density at radius 3 is 2.67 bits per heavy atom. The summed E-state index contributed by atoms with van der Waals surface area (Å²) in [5, 5.41) is 2.97. The Kier molecular flexibility index (Phi) is 2.95. The molecular formula is C10H16N6O2. The van der Waals surface area contributed by atoms with E-state index in [-0.39, 0.29) is 6.04 Å². The standard InChI is InChI=1S/C10H16N6O2/c1-5(11)4-12-9-13-6-7(14-9)15(2)10(18)16(3)8(6)17/h5H,4,11H2,1-3H3,(H2,12,13,14). The van der Waals surface area contributed by atoms with E-state index in [1.807, 2.05) is 6.92 Å². The molecule has 0 aromatic carbocycles. The monoisotopic (exact) mass is 252 g/mol. The van der Waals surface area contributed by atoms with Crippen LogP contribution in [-0.4, -0.2) is 31.7 Å². The zero-order chi connectivity index (χ0) is 13.4. The molecule has 0 aliphatic carbocycles. The van der Waals surface area contributed by atoms with Crippen LogP contribution in [0.15, 0.2) is 9.59 Å². The van der Waals surface area contributed by atoms with Gasteiger partial charge < -0.3 is 16.0 Å². The zero-order valence-electron chi connectivity index (χ0n) is 10.5. The number of imidazole rings is 1. The van der Waals surface area contributed by atoms with E-state index >= 15 is 0 Å². The van der Waals surface area contributed by atoms with Crippen LogP contribution >= 0.6 is 0 Å². The van der Waals surface area contributed by atoms with E-state index in [1.54, 1.807) is 7.05 Å². The largest absolute Gasteiger partial charge is 0.354 e. The van der Waals surface area contributed by atoms with E-state index in [1.165, 1.54) is 11.6 Å². The molecule has 0 bridgehead atoms. The van der Waals surface area contributed by atoms with Crippen molar-refractivity contribution < 1.29 is 0 Å². The predicted molar refractivity (Wildman–Crippen MR) is 68.7 cm³/mol. The summed E-state index contributed by atoms with van der Waals surface area (Å²) in [5.41, 5.74) is 5.45. The lowest BCUT2D eigenvalue weighted by molar-refractivity contribution is 0.708. The molecule has 4 N–H and O–H groups in total. The molecule has 0 saturated heterocycles. The van der Waals surface area contributed by atoms with Gasteiger partial charge in [-0.05, 0) is 6.92 Å². The van der Waals surface area contributed by atoms with Gasteiger partial charge >= 0.3 is 5.69 Å². The third-order valence-electron chi connectivity index (χ3n) is 2.69. The van der Waals surface area contributed by atoms with Gasteiger partial charge in [-0.1, -0.05) is 0 Å². The first kappa shape index (κ1) is 12.4. The maximum Gasteiger partial charge on any atom is 0.332 e. The van der Waals surface area contributed by atoms with Crippen LogP contribution in [0.1, 0.15) is 6.92 Å². The summed E-state index contributed by atoms with van der Waals surface area (Å²) in [6.45, 7) is 2.37. The van der Waals surface area contributed by atoms with Crippen LogP contribution in [0.2, 0.25) is 0 Å². The summed E-state index contributed by atoms with van der Waals surface area (Å²) in [6.07, 6.45) is 0. The van der Waals surface area contributed by atoms with Crippen molar-refractivity contribution >= 4 is 17.1 Å². The number of aryl methyl sites for hydroxylation is 1. The van der Waals surface area contributed by atoms with Crippen LogP contribution in [-0.2, 0) is 14.1 Å². The first-order chi connectivity index (χ1) is 8.41. The fourth-order valence-corrected chi connectivity index (χ4v) is 1.67. The molecule has 8 nitrogen and oxygen atoms in total. The number of aromatic amines is 1. The van der Waals surface area contributed by atoms with E-state index in [4.69, 9.17) is 5.73 Å². The molecule has 0 spiro atoms. The Morgan fingerprint density at radius 1 is 1.39 bits per heavy atom. The quantitative estimate of drug-likeness (QED) is 0.630. The van der Waals surface area contributed by atoms with Gasteiger partial charge in [0.1, 0.15) is 0 Å². The second kappa shape index (κ2) is 4.30. The van der Waals surface area contributed by atoms with Gasteiger partial charge in [0.2, 0.25) is 5.95 Å². The Hall–Kier alpha value is -2.09. The van der Waals surface area contributed by atoms with E-state index in [0.717, 1.165) is 4.57 Å². The van der Waals surface area contributed by atoms with Crippen LogP contribution < -0.4 is 22.3 Å². The minimum Gasteiger partial charge on any atom is -0.354 e. The first-order valence-corrected chi connectivity index (χ1v) is 5.57. The van der Waals surface area contributed by atoms with Gasteiger partial charge in [-0.3, -0.25) is 13.9 Å². The highest BCUT2D eigenvalue weighted by molar-refractivity contribution is 5.72. The highest BCUT2D eigenvalue weighted by Crippen LogP contribution is 2.07. The number of H-pyrrole nitrogens is 1. The number of nitrogens with zero attached hydrogens (tertiary/aromatic N) is 3. The average Bonchev–Trinajstić information content (AvgIpc) is 2.75. The minimum atomic E-state index is -0.405. The summed E-state index contributed by atoms with van der Waals surface area (Å²) in [6, 6.07) is -0.0372. The molecule has 2 aromatic heterocycles. The summed E-state index contributed by atoms with van der Waals surface area (Å²) in [7, 11) is 3.00. The van der Waals surface area contributed by atoms with Crippen molar-refractivity contribution in [2.45, 2.75) is 13.0 Å². The Balaban J connectivity index is 2.58. The predicted octanol–water partition coefficient (Wildman–Crippen LogP) is -1.28. The van der Waals surface area contributed by atoms with Crippen LogP contribution in [0.5, 0.6) is 0 Å². The van der Waals surface area contributed by atoms with Crippen molar-refractivity contribution in [3.63, 3.8) is 0 Å². The third-order valence-corrected chi connectivity index (χ3v) is 2.69. The van der Waals surface area contributed by atoms with E-state index in [0.29, 0.717) is 23.7 Å². The SMILES string of the molecule is CC(N)CNc1nc2c([nH]1)c(=O)n(C)c(=O)n2C. The second-order valence-corrected chi connectivity index (χ2v) is 4.35. The van der Waals surface area contributed by atoms with Crippen LogP contribution in [0.4, 0.5) is 5.95 Å². The van der Waals surface area contributed by atoms with Crippen molar-refractivity contribution in [1.29, 1.82) is 0 Å². The molecule has 0 saturated carbocycles. The number of fused-ring (bicyclic) bond motifs is 1. The molecule has 0 fully saturated rings. The molecule has 0 amide bonds. The molecule has 8 heteroatoms. The second-order valence-electron chi connectivity index (χ2n) is 4.35. The molecule has 0 aliphatic rings. The highest BCUT2D eigenvalue weighted by atomic mass is 16.2. The number of nitrogens with two attached hydrogens (primary N) is 1. The molecular weight excluding hydrogens is 236 g/mol. The molecule has 98 valence electrons. The van der Waals surface area contributed by atoms with Crippen molar-refractivity contribution in [1.82, 2.24) is 19.1 Å². The normalized spacial score (nSPS) is 12.9. The first-order valence-electron chi connectivity index (χ1n) is 5.57. The maximum atomic E-state index is 11.9. The number of hydrogen-bond acceptors (Lipinski definition) is 5. The third kappa shape index (κ3) is 1.90. The number of aromatic nitrogens is 4. The zero-order valence-corrected chi connectivity index (χ0v) is 10.5. The van der Waals surface area contributed by atoms with Gasteiger partial charge in [0, 0.05) is 26.7 Å². The summed E-state index contributed by atoms with van der Waals surface area (Å²) in [5.74, 6) is 0.431. The lowest BCUT2D eigenvalue weighted by Crippen LogP contribution is -2.36. The smallest absolute Gasteiger partial charge is 0.332 e. The molecule has 0 radical (unpaired) electrons. The van der Waals surface area contributed by atoms with Gasteiger partial charge in [0.15, 0.2) is 11.2 Å². The molecule has 2 aromatic rings. The Morgan fingerprint density at radius 2 is 2.06 bits per heavy atom. The van der Waals surface area contributed by atoms with Crippen molar-refractivity contribution in [2.24, 2.45) is 19.8 Å². The van der Waals surface area contributed by atoms with Gasteiger partial charge in [0.25, 0.3) is 5.56 Å². The molecule has 2 heterocycles. The fraction of sp³-hybridized carbons (Fsp3) is 0.500. The summed E-state index contributed by atoms with van der Waals surface area (Å²) in [4.78, 5) is 30.6. The maximum absolute atomic E-state index is 11.9. The highest BCUT2D eigenvalue weighted by Gasteiger charge is 2.13. The van der Waals surface area contributed by atoms with Gasteiger partial charge in [-0.15, -0.1) is 0 Å². The Bertz CT molecular complexity index is 693. The Labute approximate surface area is 102 Å². The molecule has 0 aliphatic heterocycles. The fourth-order valence-electron chi connectivity index (χ4n) is 1.67. The summed E-state index contributed by atoms with van der Waals surface area (Å²) >= 11 is 0. The molecule has 1 unspecified atom stereocenters.